The summed E-state index contributed by atoms with van der Waals surface area (Å²) in [6.07, 6.45) is 3.07. The molecule has 0 aliphatic carbocycles. The van der Waals surface area contributed by atoms with E-state index in [9.17, 15) is 9.18 Å². The minimum Gasteiger partial charge on any atom is -0.444 e. The van der Waals surface area contributed by atoms with Crippen molar-refractivity contribution in [2.75, 3.05) is 13.1 Å². The highest BCUT2D eigenvalue weighted by Crippen LogP contribution is 2.22. The monoisotopic (exact) mass is 359 g/mol. The molecule has 140 valence electrons. The average Bonchev–Trinajstić information content (AvgIpc) is 2.58. The lowest BCUT2D eigenvalue weighted by Crippen LogP contribution is -2.45. The van der Waals surface area contributed by atoms with Crippen molar-refractivity contribution in [2.24, 2.45) is 0 Å². The van der Waals surface area contributed by atoms with Gasteiger partial charge in [-0.15, -0.1) is 0 Å². The first-order valence-corrected chi connectivity index (χ1v) is 9.06. The fourth-order valence-electron chi connectivity index (χ4n) is 3.27. The summed E-state index contributed by atoms with van der Waals surface area (Å²) in [4.78, 5) is 18.6. The number of carbonyl (C=O) groups is 1. The number of rotatable bonds is 3. The topological polar surface area (TPSA) is 54.5 Å². The predicted molar refractivity (Wildman–Crippen MR) is 99.4 cm³/mol. The van der Waals surface area contributed by atoms with Crippen molar-refractivity contribution in [3.63, 3.8) is 0 Å². The van der Waals surface area contributed by atoms with E-state index in [4.69, 9.17) is 4.74 Å². The predicted octanol–water partition coefficient (Wildman–Crippen LogP) is 3.86. The molecule has 0 spiro atoms. The molecule has 1 amide bonds. The van der Waals surface area contributed by atoms with Gasteiger partial charge in [-0.1, -0.05) is 6.07 Å². The van der Waals surface area contributed by atoms with Crippen LogP contribution in [0.3, 0.4) is 0 Å². The van der Waals surface area contributed by atoms with Gasteiger partial charge >= 0.3 is 6.09 Å². The minimum atomic E-state index is -0.485. The summed E-state index contributed by atoms with van der Waals surface area (Å²) in [5.41, 5.74) is 1.27. The normalized spacial score (nSPS) is 16.6. The molecule has 2 heterocycles. The number of nitrogens with one attached hydrogen (secondary N) is 1. The van der Waals surface area contributed by atoms with Gasteiger partial charge in [0, 0.05) is 37.3 Å². The maximum Gasteiger partial charge on any atom is 0.407 e. The molecule has 2 aromatic rings. The van der Waals surface area contributed by atoms with E-state index in [1.807, 2.05) is 26.8 Å². The van der Waals surface area contributed by atoms with Gasteiger partial charge in [0.2, 0.25) is 0 Å². The second-order valence-electron chi connectivity index (χ2n) is 7.80. The first-order valence-electron chi connectivity index (χ1n) is 9.06. The zero-order valence-electron chi connectivity index (χ0n) is 15.6. The van der Waals surface area contributed by atoms with Gasteiger partial charge in [0.05, 0.1) is 5.52 Å². The molecule has 5 nitrogen and oxygen atoms in total. The minimum absolute atomic E-state index is 0.129. The molecule has 1 saturated heterocycles. The highest BCUT2D eigenvalue weighted by Gasteiger charge is 2.24. The summed E-state index contributed by atoms with van der Waals surface area (Å²) in [5.74, 6) is -0.239. The molecule has 0 bridgehead atoms. The van der Waals surface area contributed by atoms with Crippen LogP contribution in [0.4, 0.5) is 9.18 Å². The number of hydrogen-bond acceptors (Lipinski definition) is 4. The van der Waals surface area contributed by atoms with E-state index in [0.717, 1.165) is 43.6 Å². The zero-order chi connectivity index (χ0) is 18.7. The van der Waals surface area contributed by atoms with E-state index < -0.39 is 5.60 Å². The van der Waals surface area contributed by atoms with Crippen LogP contribution in [-0.4, -0.2) is 40.7 Å². The Hall–Kier alpha value is -2.21. The van der Waals surface area contributed by atoms with Crippen molar-refractivity contribution >= 4 is 17.0 Å². The molecule has 0 saturated carbocycles. The van der Waals surface area contributed by atoms with Gasteiger partial charge in [-0.25, -0.2) is 9.18 Å². The second kappa shape index (κ2) is 7.58. The number of carbonyl (C=O) groups excluding carboxylic acids is 1. The molecule has 1 N–H and O–H groups in total. The summed E-state index contributed by atoms with van der Waals surface area (Å²) in [6.45, 7) is 8.04. The Morgan fingerprint density at radius 3 is 2.73 bits per heavy atom. The molecule has 1 fully saturated rings. The lowest BCUT2D eigenvalue weighted by Gasteiger charge is -2.33. The highest BCUT2D eigenvalue weighted by molar-refractivity contribution is 5.82. The summed E-state index contributed by atoms with van der Waals surface area (Å²) < 4.78 is 19.2. The van der Waals surface area contributed by atoms with Gasteiger partial charge in [-0.05, 0) is 57.4 Å². The molecule has 1 aromatic carbocycles. The van der Waals surface area contributed by atoms with Gasteiger partial charge < -0.3 is 10.1 Å². The molecule has 1 aliphatic heterocycles. The third kappa shape index (κ3) is 4.69. The van der Waals surface area contributed by atoms with Crippen molar-refractivity contribution in [1.82, 2.24) is 15.2 Å². The molecule has 0 unspecified atom stereocenters. The van der Waals surface area contributed by atoms with Crippen LogP contribution >= 0.6 is 0 Å². The van der Waals surface area contributed by atoms with Gasteiger partial charge in [-0.2, -0.15) is 0 Å². The van der Waals surface area contributed by atoms with Crippen LogP contribution in [0.5, 0.6) is 0 Å². The van der Waals surface area contributed by atoms with Gasteiger partial charge in [0.15, 0.2) is 0 Å². The number of benzene rings is 1. The van der Waals surface area contributed by atoms with Crippen molar-refractivity contribution in [1.29, 1.82) is 0 Å². The van der Waals surface area contributed by atoms with Gasteiger partial charge in [0.1, 0.15) is 11.4 Å². The summed E-state index contributed by atoms with van der Waals surface area (Å²) in [7, 11) is 0. The fraction of sp³-hybridized carbons (Fsp3) is 0.500. The number of piperidine rings is 1. The Kier molecular flexibility index (Phi) is 5.41. The van der Waals surface area contributed by atoms with Crippen molar-refractivity contribution in [3.8, 4) is 0 Å². The number of aromatic nitrogens is 1. The maximum atomic E-state index is 13.9. The van der Waals surface area contributed by atoms with Crippen LogP contribution in [0.2, 0.25) is 0 Å². The number of alkyl carbamates (subject to hydrolysis) is 1. The number of fused-ring (bicyclic) bond motifs is 1. The number of amides is 1. The molecule has 1 aliphatic rings. The molecule has 6 heteroatoms. The Morgan fingerprint density at radius 2 is 2.04 bits per heavy atom. The van der Waals surface area contributed by atoms with Crippen molar-refractivity contribution < 1.29 is 13.9 Å². The zero-order valence-corrected chi connectivity index (χ0v) is 15.6. The first-order chi connectivity index (χ1) is 12.3. The molecule has 26 heavy (non-hydrogen) atoms. The second-order valence-corrected chi connectivity index (χ2v) is 7.80. The third-order valence-corrected chi connectivity index (χ3v) is 4.50. The summed E-state index contributed by atoms with van der Waals surface area (Å²) >= 11 is 0. The van der Waals surface area contributed by atoms with Gasteiger partial charge in [0.25, 0.3) is 0 Å². The van der Waals surface area contributed by atoms with E-state index in [1.165, 1.54) is 6.07 Å². The summed E-state index contributed by atoms with van der Waals surface area (Å²) in [6, 6.07) is 6.97. The maximum absolute atomic E-state index is 13.9. The van der Waals surface area contributed by atoms with E-state index >= 15 is 0 Å². The Labute approximate surface area is 153 Å². The first kappa shape index (κ1) is 18.6. The van der Waals surface area contributed by atoms with E-state index in [2.05, 4.69) is 15.2 Å². The van der Waals surface area contributed by atoms with E-state index in [-0.39, 0.29) is 18.0 Å². The Balaban J connectivity index is 1.57. The lowest BCUT2D eigenvalue weighted by molar-refractivity contribution is 0.0477. The van der Waals surface area contributed by atoms with Crippen LogP contribution in [0, 0.1) is 5.82 Å². The van der Waals surface area contributed by atoms with Crippen LogP contribution < -0.4 is 5.32 Å². The number of likely N-dealkylation sites (tertiary alicyclic amines) is 1. The Morgan fingerprint density at radius 1 is 1.31 bits per heavy atom. The largest absolute Gasteiger partial charge is 0.444 e. The highest BCUT2D eigenvalue weighted by atomic mass is 19.1. The van der Waals surface area contributed by atoms with Crippen molar-refractivity contribution in [2.45, 2.75) is 51.8 Å². The number of halogens is 1. The smallest absolute Gasteiger partial charge is 0.407 e. The van der Waals surface area contributed by atoms with Gasteiger partial charge in [-0.3, -0.25) is 9.88 Å². The van der Waals surface area contributed by atoms with Crippen LogP contribution in [-0.2, 0) is 11.3 Å². The van der Waals surface area contributed by atoms with E-state index in [1.54, 1.807) is 18.3 Å². The summed E-state index contributed by atoms with van der Waals surface area (Å²) in [5, 5.41) is 3.51. The molecular weight excluding hydrogens is 333 g/mol. The van der Waals surface area contributed by atoms with Crippen molar-refractivity contribution in [3.05, 3.63) is 41.8 Å². The lowest BCUT2D eigenvalue weighted by atomic mass is 10.0. The molecule has 1 aromatic heterocycles. The van der Waals surface area contributed by atoms with Crippen LogP contribution in [0.25, 0.3) is 10.9 Å². The number of ether oxygens (including phenoxy) is 1. The van der Waals surface area contributed by atoms with Crippen LogP contribution in [0.15, 0.2) is 30.5 Å². The third-order valence-electron chi connectivity index (χ3n) is 4.50. The quantitative estimate of drug-likeness (QED) is 0.904. The SMILES string of the molecule is CC(C)(C)OC(=O)NC1CCN(Cc2ccc(F)c3cccnc23)CC1. The molecule has 0 radical (unpaired) electrons. The molecule has 0 atom stereocenters. The van der Waals surface area contributed by atoms with E-state index in [0.29, 0.717) is 5.39 Å². The fourth-order valence-corrected chi connectivity index (χ4v) is 3.27. The molecule has 3 rings (SSSR count). The molecular formula is C20H26FN3O2. The van der Waals surface area contributed by atoms with Crippen LogP contribution in [0.1, 0.15) is 39.2 Å². The number of hydrogen-bond donors (Lipinski definition) is 1. The Bertz CT molecular complexity index is 780. The standard InChI is InChI=1S/C20H26FN3O2/c1-20(2,3)26-19(25)23-15-8-11-24(12-9-15)13-14-6-7-17(21)16-5-4-10-22-18(14)16/h4-7,10,15H,8-9,11-13H2,1-3H3,(H,23,25). The number of nitrogens with zero attached hydrogens (tertiary/aromatic N) is 2. The number of pyridine rings is 1. The average molecular weight is 359 g/mol.